The lowest BCUT2D eigenvalue weighted by Crippen LogP contribution is -2.43. The van der Waals surface area contributed by atoms with E-state index in [1.807, 2.05) is 6.20 Å². The fourth-order valence-electron chi connectivity index (χ4n) is 4.79. The zero-order valence-electron chi connectivity index (χ0n) is 16.4. The molecule has 5 heteroatoms. The summed E-state index contributed by atoms with van der Waals surface area (Å²) >= 11 is 3.49. The van der Waals surface area contributed by atoms with Gasteiger partial charge < -0.3 is 10.6 Å². The molecule has 1 aliphatic carbocycles. The van der Waals surface area contributed by atoms with Crippen LogP contribution in [0, 0.1) is 0 Å². The molecule has 1 saturated heterocycles. The zero-order chi connectivity index (χ0) is 19.7. The number of nitrogens with one attached hydrogen (secondary N) is 2. The van der Waals surface area contributed by atoms with Crippen molar-refractivity contribution < 1.29 is 0 Å². The molecule has 1 aromatic heterocycles. The maximum Gasteiger partial charge on any atom is 0.223 e. The average molecular weight is 449 g/mol. The molecule has 0 amide bonds. The minimum Gasteiger partial charge on any atom is -0.354 e. The SMILES string of the molecule is Brc1ccc(CCNc2ncc3c(n2)-c2ccccc2C2(CCNCC2)C3)cc1. The van der Waals surface area contributed by atoms with Crippen molar-refractivity contribution in [2.75, 3.05) is 25.0 Å². The van der Waals surface area contributed by atoms with Gasteiger partial charge in [-0.25, -0.2) is 9.97 Å². The molecule has 0 unspecified atom stereocenters. The quantitative estimate of drug-likeness (QED) is 0.604. The predicted molar refractivity (Wildman–Crippen MR) is 121 cm³/mol. The van der Waals surface area contributed by atoms with E-state index in [-0.39, 0.29) is 5.41 Å². The van der Waals surface area contributed by atoms with Crippen molar-refractivity contribution in [1.29, 1.82) is 0 Å². The minimum absolute atomic E-state index is 0.231. The van der Waals surface area contributed by atoms with Crippen molar-refractivity contribution in [3.8, 4) is 11.3 Å². The first kappa shape index (κ1) is 18.8. The molecule has 0 atom stereocenters. The van der Waals surface area contributed by atoms with Crippen molar-refractivity contribution in [3.63, 3.8) is 0 Å². The molecule has 0 radical (unpaired) electrons. The van der Waals surface area contributed by atoms with Crippen LogP contribution < -0.4 is 10.6 Å². The molecule has 5 rings (SSSR count). The molecule has 4 nitrogen and oxygen atoms in total. The largest absolute Gasteiger partial charge is 0.354 e. The zero-order valence-corrected chi connectivity index (χ0v) is 18.0. The summed E-state index contributed by atoms with van der Waals surface area (Å²) in [6, 6.07) is 17.3. The van der Waals surface area contributed by atoms with Crippen molar-refractivity contribution in [2.45, 2.75) is 31.1 Å². The third-order valence-electron chi connectivity index (χ3n) is 6.32. The van der Waals surface area contributed by atoms with Gasteiger partial charge in [-0.15, -0.1) is 0 Å². The molecule has 2 aromatic carbocycles. The lowest BCUT2D eigenvalue weighted by molar-refractivity contribution is 0.302. The molecule has 2 aliphatic rings. The van der Waals surface area contributed by atoms with E-state index in [1.165, 1.54) is 35.1 Å². The van der Waals surface area contributed by atoms with Crippen LogP contribution in [0.1, 0.15) is 29.5 Å². The maximum atomic E-state index is 4.93. The van der Waals surface area contributed by atoms with Gasteiger partial charge in [0.25, 0.3) is 0 Å². The Bertz CT molecular complexity index is 1010. The maximum absolute atomic E-state index is 4.93. The van der Waals surface area contributed by atoms with E-state index >= 15 is 0 Å². The van der Waals surface area contributed by atoms with E-state index in [0.717, 1.165) is 48.6 Å². The molecule has 1 spiro atoms. The number of halogens is 1. The van der Waals surface area contributed by atoms with E-state index < -0.39 is 0 Å². The fourth-order valence-corrected chi connectivity index (χ4v) is 5.05. The number of hydrogen-bond donors (Lipinski definition) is 2. The summed E-state index contributed by atoms with van der Waals surface area (Å²) in [5.74, 6) is 0.719. The van der Waals surface area contributed by atoms with Crippen molar-refractivity contribution in [2.24, 2.45) is 0 Å². The molecule has 1 fully saturated rings. The second-order valence-electron chi connectivity index (χ2n) is 8.12. The Morgan fingerprint density at radius 3 is 2.66 bits per heavy atom. The molecular weight excluding hydrogens is 424 g/mol. The Labute approximate surface area is 180 Å². The van der Waals surface area contributed by atoms with Crippen LogP contribution in [0.5, 0.6) is 0 Å². The van der Waals surface area contributed by atoms with E-state index in [4.69, 9.17) is 4.98 Å². The summed E-state index contributed by atoms with van der Waals surface area (Å²) in [4.78, 5) is 9.58. The minimum atomic E-state index is 0.231. The van der Waals surface area contributed by atoms with Crippen LogP contribution in [0.4, 0.5) is 5.95 Å². The van der Waals surface area contributed by atoms with E-state index in [1.54, 1.807) is 0 Å². The summed E-state index contributed by atoms with van der Waals surface area (Å²) in [6.45, 7) is 2.98. The molecule has 0 saturated carbocycles. The smallest absolute Gasteiger partial charge is 0.223 e. The van der Waals surface area contributed by atoms with Crippen LogP contribution >= 0.6 is 15.9 Å². The van der Waals surface area contributed by atoms with Gasteiger partial charge in [0.1, 0.15) is 0 Å². The topological polar surface area (TPSA) is 49.8 Å². The average Bonchev–Trinajstić information content (AvgIpc) is 2.76. The second-order valence-corrected chi connectivity index (χ2v) is 9.04. The first-order valence-electron chi connectivity index (χ1n) is 10.4. The van der Waals surface area contributed by atoms with Gasteiger partial charge in [0, 0.05) is 28.2 Å². The number of fused-ring (bicyclic) bond motifs is 4. The number of hydrogen-bond acceptors (Lipinski definition) is 4. The van der Waals surface area contributed by atoms with Crippen LogP contribution in [0.2, 0.25) is 0 Å². The normalized spacial score (nSPS) is 16.9. The Morgan fingerprint density at radius 2 is 1.83 bits per heavy atom. The number of anilines is 1. The number of aromatic nitrogens is 2. The van der Waals surface area contributed by atoms with Crippen molar-refractivity contribution in [3.05, 3.63) is 75.9 Å². The van der Waals surface area contributed by atoms with Gasteiger partial charge in [-0.1, -0.05) is 52.3 Å². The van der Waals surface area contributed by atoms with Gasteiger partial charge in [0.2, 0.25) is 5.95 Å². The highest BCUT2D eigenvalue weighted by molar-refractivity contribution is 9.10. The lowest BCUT2D eigenvalue weighted by atomic mass is 9.64. The predicted octanol–water partition coefficient (Wildman–Crippen LogP) is 4.74. The van der Waals surface area contributed by atoms with Crippen molar-refractivity contribution >= 4 is 21.9 Å². The Kier molecular flexibility index (Phi) is 5.10. The standard InChI is InChI=1S/C24H25BrN4/c25-19-7-5-17(6-8-19)9-12-27-23-28-16-18-15-24(10-13-26-14-11-24)21-4-2-1-3-20(21)22(18)29-23/h1-8,16,26H,9-15H2,(H,27,28,29). The first-order chi connectivity index (χ1) is 14.2. The first-order valence-corrected chi connectivity index (χ1v) is 11.2. The number of rotatable bonds is 4. The van der Waals surface area contributed by atoms with Crippen LogP contribution in [0.25, 0.3) is 11.3 Å². The molecular formula is C24H25BrN4. The van der Waals surface area contributed by atoms with Gasteiger partial charge in [-0.05, 0) is 67.6 Å². The van der Waals surface area contributed by atoms with Crippen LogP contribution in [0.3, 0.4) is 0 Å². The summed E-state index contributed by atoms with van der Waals surface area (Å²) in [6.07, 6.45) is 6.39. The molecule has 3 aromatic rings. The molecule has 29 heavy (non-hydrogen) atoms. The fraction of sp³-hybridized carbons (Fsp3) is 0.333. The van der Waals surface area contributed by atoms with Gasteiger partial charge in [-0.2, -0.15) is 0 Å². The summed E-state index contributed by atoms with van der Waals surface area (Å²) in [5.41, 5.74) is 6.67. The highest BCUT2D eigenvalue weighted by Crippen LogP contribution is 2.46. The van der Waals surface area contributed by atoms with E-state index in [0.29, 0.717) is 0 Å². The molecule has 148 valence electrons. The Morgan fingerprint density at radius 1 is 1.03 bits per heavy atom. The summed E-state index contributed by atoms with van der Waals surface area (Å²) in [5, 5.41) is 6.93. The van der Waals surface area contributed by atoms with Gasteiger partial charge in [-0.3, -0.25) is 0 Å². The van der Waals surface area contributed by atoms with Crippen LogP contribution in [0.15, 0.2) is 59.2 Å². The highest BCUT2D eigenvalue weighted by Gasteiger charge is 2.40. The number of piperidine rings is 1. The third-order valence-corrected chi connectivity index (χ3v) is 6.85. The van der Waals surface area contributed by atoms with Gasteiger partial charge in [0.15, 0.2) is 0 Å². The van der Waals surface area contributed by atoms with E-state index in [9.17, 15) is 0 Å². The molecule has 2 N–H and O–H groups in total. The van der Waals surface area contributed by atoms with Gasteiger partial charge >= 0.3 is 0 Å². The Balaban J connectivity index is 1.38. The highest BCUT2D eigenvalue weighted by atomic mass is 79.9. The summed E-state index contributed by atoms with van der Waals surface area (Å²) in [7, 11) is 0. The molecule has 0 bridgehead atoms. The van der Waals surface area contributed by atoms with Crippen molar-refractivity contribution in [1.82, 2.24) is 15.3 Å². The van der Waals surface area contributed by atoms with Crippen LogP contribution in [-0.2, 0) is 18.3 Å². The lowest BCUT2D eigenvalue weighted by Gasteiger charge is -2.42. The van der Waals surface area contributed by atoms with Gasteiger partial charge in [0.05, 0.1) is 5.69 Å². The van der Waals surface area contributed by atoms with E-state index in [2.05, 4.69) is 80.1 Å². The van der Waals surface area contributed by atoms with Crippen LogP contribution in [-0.4, -0.2) is 29.6 Å². The third kappa shape index (κ3) is 3.69. The summed E-state index contributed by atoms with van der Waals surface area (Å²) < 4.78 is 1.11. The molecule has 1 aliphatic heterocycles. The Hall–Kier alpha value is -2.24. The number of nitrogens with zero attached hydrogens (tertiary/aromatic N) is 2. The monoisotopic (exact) mass is 448 g/mol. The number of benzene rings is 2. The second kappa shape index (κ2) is 7.88. The molecule has 2 heterocycles.